The van der Waals surface area contributed by atoms with Crippen molar-refractivity contribution >= 4 is 17.5 Å². The van der Waals surface area contributed by atoms with Crippen molar-refractivity contribution in [3.05, 3.63) is 66.0 Å². The van der Waals surface area contributed by atoms with Crippen LogP contribution >= 0.6 is 0 Å². The number of nitrogens with zero attached hydrogens (tertiary/aromatic N) is 3. The molecular weight excluding hydrogens is 395 g/mol. The fourth-order valence-electron chi connectivity index (χ4n) is 4.37. The summed E-state index contributed by atoms with van der Waals surface area (Å²) >= 11 is 0. The minimum absolute atomic E-state index is 0.118. The lowest BCUT2D eigenvalue weighted by molar-refractivity contribution is -0.137. The molecule has 2 fully saturated rings. The number of piperazine rings is 1. The van der Waals surface area contributed by atoms with Crippen LogP contribution in [0.5, 0.6) is 0 Å². The van der Waals surface area contributed by atoms with Gasteiger partial charge in [0.1, 0.15) is 11.9 Å². The zero-order valence-electron chi connectivity index (χ0n) is 17.7. The lowest BCUT2D eigenvalue weighted by Gasteiger charge is -2.39. The summed E-state index contributed by atoms with van der Waals surface area (Å²) < 4.78 is 13.0. The van der Waals surface area contributed by atoms with Gasteiger partial charge < -0.3 is 10.2 Å². The molecule has 2 aliphatic heterocycles. The number of nitrogens with one attached hydrogen (secondary N) is 1. The molecule has 31 heavy (non-hydrogen) atoms. The van der Waals surface area contributed by atoms with Crippen molar-refractivity contribution in [2.24, 2.45) is 0 Å². The van der Waals surface area contributed by atoms with Crippen LogP contribution in [0, 0.1) is 5.82 Å². The van der Waals surface area contributed by atoms with Crippen molar-refractivity contribution < 1.29 is 14.0 Å². The summed E-state index contributed by atoms with van der Waals surface area (Å²) in [5.41, 5.74) is 1.62. The maximum absolute atomic E-state index is 13.3. The topological polar surface area (TPSA) is 55.9 Å². The van der Waals surface area contributed by atoms with Crippen LogP contribution in [-0.2, 0) is 9.59 Å². The van der Waals surface area contributed by atoms with E-state index in [0.29, 0.717) is 18.8 Å². The summed E-state index contributed by atoms with van der Waals surface area (Å²) in [6.45, 7) is 4.84. The second kappa shape index (κ2) is 10.0. The molecule has 0 radical (unpaired) electrons. The van der Waals surface area contributed by atoms with Crippen molar-refractivity contribution in [3.8, 4) is 0 Å². The van der Waals surface area contributed by atoms with Gasteiger partial charge in [0.2, 0.25) is 11.8 Å². The predicted molar refractivity (Wildman–Crippen MR) is 118 cm³/mol. The smallest absolute Gasteiger partial charge is 0.244 e. The number of anilines is 1. The molecule has 2 aromatic carbocycles. The Labute approximate surface area is 182 Å². The molecule has 0 spiro atoms. The van der Waals surface area contributed by atoms with E-state index in [1.165, 1.54) is 12.1 Å². The number of rotatable bonds is 6. The lowest BCUT2D eigenvalue weighted by Crippen LogP contribution is -2.52. The second-order valence-electron chi connectivity index (χ2n) is 8.21. The first-order valence-electron chi connectivity index (χ1n) is 11.0. The number of likely N-dealkylation sites (tertiary alicyclic amines) is 1. The Bertz CT molecular complexity index is 876. The molecule has 0 aliphatic carbocycles. The van der Waals surface area contributed by atoms with Crippen LogP contribution < -0.4 is 5.32 Å². The Kier molecular flexibility index (Phi) is 6.94. The largest absolute Gasteiger partial charge is 0.341 e. The van der Waals surface area contributed by atoms with E-state index in [-0.39, 0.29) is 30.2 Å². The van der Waals surface area contributed by atoms with Gasteiger partial charge in [-0.3, -0.25) is 19.4 Å². The Morgan fingerprint density at radius 2 is 1.52 bits per heavy atom. The minimum atomic E-state index is -0.328. The average molecular weight is 425 g/mol. The summed E-state index contributed by atoms with van der Waals surface area (Å²) in [4.78, 5) is 32.0. The summed E-state index contributed by atoms with van der Waals surface area (Å²) in [6.07, 6.45) is 2.15. The van der Waals surface area contributed by atoms with Gasteiger partial charge in [-0.2, -0.15) is 0 Å². The zero-order chi connectivity index (χ0) is 21.6. The van der Waals surface area contributed by atoms with Crippen LogP contribution in [0.15, 0.2) is 54.6 Å². The average Bonchev–Trinajstić information content (AvgIpc) is 3.32. The summed E-state index contributed by atoms with van der Waals surface area (Å²) in [5, 5.41) is 2.81. The van der Waals surface area contributed by atoms with Gasteiger partial charge in [-0.15, -0.1) is 0 Å². The summed E-state index contributed by atoms with van der Waals surface area (Å²) in [6, 6.07) is 15.5. The highest BCUT2D eigenvalue weighted by Crippen LogP contribution is 2.26. The highest BCUT2D eigenvalue weighted by atomic mass is 19.1. The molecule has 4 rings (SSSR count). The Hall–Kier alpha value is -2.77. The van der Waals surface area contributed by atoms with Crippen molar-refractivity contribution in [1.29, 1.82) is 0 Å². The third kappa shape index (κ3) is 5.48. The fraction of sp³-hybridized carbons (Fsp3) is 0.417. The standard InChI is InChI=1S/C24H29FN4O2/c25-20-8-10-21(11-9-20)26-22(30)18-27-14-16-28(17-15-27)23(19-6-2-1-3-7-19)24(31)29-12-4-5-13-29/h1-3,6-11,23H,4-5,12-18H2,(H,26,30)/t23-/m0/s1. The highest BCUT2D eigenvalue weighted by molar-refractivity contribution is 5.92. The molecule has 1 atom stereocenters. The van der Waals surface area contributed by atoms with E-state index < -0.39 is 0 Å². The maximum atomic E-state index is 13.3. The van der Waals surface area contributed by atoms with Crippen molar-refractivity contribution in [2.75, 3.05) is 51.1 Å². The van der Waals surface area contributed by atoms with Gasteiger partial charge in [-0.25, -0.2) is 4.39 Å². The quantitative estimate of drug-likeness (QED) is 0.775. The Morgan fingerprint density at radius 3 is 2.16 bits per heavy atom. The van der Waals surface area contributed by atoms with E-state index in [1.54, 1.807) is 12.1 Å². The number of carbonyl (C=O) groups excluding carboxylic acids is 2. The molecule has 2 aliphatic rings. The first-order valence-corrected chi connectivity index (χ1v) is 11.0. The third-order valence-corrected chi connectivity index (χ3v) is 6.03. The first-order chi connectivity index (χ1) is 15.1. The van der Waals surface area contributed by atoms with E-state index in [4.69, 9.17) is 0 Å². The SMILES string of the molecule is O=C(CN1CCN([C@H](C(=O)N2CCCC2)c2ccccc2)CC1)Nc1ccc(F)cc1. The molecule has 0 aromatic heterocycles. The second-order valence-corrected chi connectivity index (χ2v) is 8.21. The van der Waals surface area contributed by atoms with Crippen molar-refractivity contribution in [3.63, 3.8) is 0 Å². The molecule has 7 heteroatoms. The van der Waals surface area contributed by atoms with Gasteiger partial charge in [0.25, 0.3) is 0 Å². The van der Waals surface area contributed by atoms with Crippen LogP contribution in [0.3, 0.4) is 0 Å². The van der Waals surface area contributed by atoms with Crippen LogP contribution in [-0.4, -0.2) is 72.3 Å². The molecule has 0 unspecified atom stereocenters. The van der Waals surface area contributed by atoms with E-state index in [9.17, 15) is 14.0 Å². The third-order valence-electron chi connectivity index (χ3n) is 6.03. The Morgan fingerprint density at radius 1 is 0.871 bits per heavy atom. The van der Waals surface area contributed by atoms with Crippen molar-refractivity contribution in [2.45, 2.75) is 18.9 Å². The number of amides is 2. The number of benzene rings is 2. The number of hydrogen-bond donors (Lipinski definition) is 1. The molecule has 0 bridgehead atoms. The van der Waals surface area contributed by atoms with Crippen LogP contribution in [0.2, 0.25) is 0 Å². The molecule has 164 valence electrons. The zero-order valence-corrected chi connectivity index (χ0v) is 17.7. The van der Waals surface area contributed by atoms with E-state index in [2.05, 4.69) is 15.1 Å². The van der Waals surface area contributed by atoms with E-state index in [1.807, 2.05) is 35.2 Å². The molecule has 0 saturated carbocycles. The highest BCUT2D eigenvalue weighted by Gasteiger charge is 2.34. The first kappa shape index (κ1) is 21.5. The normalized spacial score (nSPS) is 18.7. The molecule has 2 amide bonds. The summed E-state index contributed by atoms with van der Waals surface area (Å²) in [5.74, 6) is -0.260. The van der Waals surface area contributed by atoms with E-state index in [0.717, 1.165) is 44.6 Å². The summed E-state index contributed by atoms with van der Waals surface area (Å²) in [7, 11) is 0. The molecule has 2 aromatic rings. The predicted octanol–water partition coefficient (Wildman–Crippen LogP) is 2.75. The van der Waals surface area contributed by atoms with Crippen LogP contribution in [0.1, 0.15) is 24.4 Å². The van der Waals surface area contributed by atoms with Gasteiger partial charge in [0.15, 0.2) is 0 Å². The van der Waals surface area contributed by atoms with Crippen molar-refractivity contribution in [1.82, 2.24) is 14.7 Å². The monoisotopic (exact) mass is 424 g/mol. The Balaban J connectivity index is 1.35. The van der Waals surface area contributed by atoms with Gasteiger partial charge in [0.05, 0.1) is 6.54 Å². The molecule has 6 nitrogen and oxygen atoms in total. The molecule has 2 saturated heterocycles. The fourth-order valence-corrected chi connectivity index (χ4v) is 4.37. The lowest BCUT2D eigenvalue weighted by atomic mass is 10.0. The molecule has 1 N–H and O–H groups in total. The molecule has 2 heterocycles. The van der Waals surface area contributed by atoms with Crippen LogP contribution in [0.4, 0.5) is 10.1 Å². The maximum Gasteiger partial charge on any atom is 0.244 e. The van der Waals surface area contributed by atoms with Gasteiger partial charge in [-0.1, -0.05) is 30.3 Å². The van der Waals surface area contributed by atoms with Gasteiger partial charge >= 0.3 is 0 Å². The number of hydrogen-bond acceptors (Lipinski definition) is 4. The minimum Gasteiger partial charge on any atom is -0.341 e. The number of halogens is 1. The van der Waals surface area contributed by atoms with Crippen LogP contribution in [0.25, 0.3) is 0 Å². The van der Waals surface area contributed by atoms with Gasteiger partial charge in [0, 0.05) is 45.0 Å². The van der Waals surface area contributed by atoms with E-state index >= 15 is 0 Å². The number of carbonyl (C=O) groups is 2. The van der Waals surface area contributed by atoms with Gasteiger partial charge in [-0.05, 0) is 42.7 Å². The molecular formula is C24H29FN4O2.